The average Bonchev–Trinajstić information content (AvgIpc) is 0.895. The van der Waals surface area contributed by atoms with Crippen molar-refractivity contribution in [3.05, 3.63) is 0 Å². The molecule has 0 saturated heterocycles. The molecule has 0 rings (SSSR count). The van der Waals surface area contributed by atoms with Gasteiger partial charge in [-0.3, -0.25) is 37.3 Å². The van der Waals surface area contributed by atoms with Gasteiger partial charge in [-0.1, -0.05) is 465 Å². The van der Waals surface area contributed by atoms with Crippen LogP contribution in [0.15, 0.2) is 0 Å². The van der Waals surface area contributed by atoms with E-state index in [0.717, 1.165) is 102 Å². The van der Waals surface area contributed by atoms with Crippen LogP contribution in [-0.4, -0.2) is 96.7 Å². The third-order valence-electron chi connectivity index (χ3n) is 22.8. The highest BCUT2D eigenvalue weighted by Crippen LogP contribution is 2.45. The van der Waals surface area contributed by atoms with Gasteiger partial charge in [-0.05, 0) is 37.5 Å². The number of carbonyl (C=O) groups excluding carboxylic acids is 4. The molecule has 3 N–H and O–H groups in total. The van der Waals surface area contributed by atoms with Gasteiger partial charge in [0.15, 0.2) is 12.2 Å². The van der Waals surface area contributed by atoms with Crippen LogP contribution < -0.4 is 0 Å². The molecule has 0 aromatic rings. The van der Waals surface area contributed by atoms with E-state index in [0.29, 0.717) is 25.7 Å². The van der Waals surface area contributed by atoms with E-state index < -0.39 is 97.5 Å². The molecular formula is C95H186O17P2. The van der Waals surface area contributed by atoms with Gasteiger partial charge in [0.1, 0.15) is 19.3 Å². The zero-order chi connectivity index (χ0) is 83.4. The van der Waals surface area contributed by atoms with Crippen molar-refractivity contribution in [1.29, 1.82) is 0 Å². The number of aliphatic hydroxyl groups is 1. The lowest BCUT2D eigenvalue weighted by molar-refractivity contribution is -0.161. The highest BCUT2D eigenvalue weighted by molar-refractivity contribution is 7.47. The SMILES string of the molecule is CCCCCCCCCCCCCCCCCCCCCCCCC(=O)O[C@H](COC(=O)CCCCCCCCCCCCCCCCCCCCC(C)C)COP(=O)(O)OC[C@@H](O)COP(=O)(O)OC[C@@H](COC(=O)CCCCCCCCCCCCCCC)OC(=O)CCCCCCCCCCCCCCCCC(C)CC. The smallest absolute Gasteiger partial charge is 0.462 e. The Kier molecular flexibility index (Phi) is 84.6. The molecule has 0 bridgehead atoms. The van der Waals surface area contributed by atoms with Crippen LogP contribution in [0, 0.1) is 11.8 Å². The van der Waals surface area contributed by atoms with E-state index >= 15 is 0 Å². The highest BCUT2D eigenvalue weighted by Gasteiger charge is 2.31. The van der Waals surface area contributed by atoms with Gasteiger partial charge in [-0.2, -0.15) is 0 Å². The molecule has 0 aromatic carbocycles. The van der Waals surface area contributed by atoms with E-state index in [1.807, 2.05) is 0 Å². The zero-order valence-corrected chi connectivity index (χ0v) is 77.2. The van der Waals surface area contributed by atoms with Crippen molar-refractivity contribution >= 4 is 39.5 Å². The molecule has 0 spiro atoms. The lowest BCUT2D eigenvalue weighted by atomic mass is 9.99. The van der Waals surface area contributed by atoms with E-state index in [4.69, 9.17) is 37.0 Å². The minimum absolute atomic E-state index is 0.109. The quantitative estimate of drug-likeness (QED) is 0.0222. The molecule has 17 nitrogen and oxygen atoms in total. The Morgan fingerprint density at radius 2 is 0.447 bits per heavy atom. The molecule has 0 fully saturated rings. The van der Waals surface area contributed by atoms with Crippen molar-refractivity contribution in [2.24, 2.45) is 11.8 Å². The molecule has 19 heteroatoms. The molecule has 678 valence electrons. The number of carbonyl (C=O) groups is 4. The summed E-state index contributed by atoms with van der Waals surface area (Å²) < 4.78 is 69.2. The second kappa shape index (κ2) is 86.0. The minimum atomic E-state index is -4.97. The van der Waals surface area contributed by atoms with E-state index in [2.05, 4.69) is 41.5 Å². The van der Waals surface area contributed by atoms with Crippen LogP contribution in [0.2, 0.25) is 0 Å². The van der Waals surface area contributed by atoms with E-state index in [-0.39, 0.29) is 25.7 Å². The topological polar surface area (TPSA) is 237 Å². The molecule has 0 aromatic heterocycles. The van der Waals surface area contributed by atoms with Crippen LogP contribution in [0.3, 0.4) is 0 Å². The van der Waals surface area contributed by atoms with Crippen LogP contribution in [0.5, 0.6) is 0 Å². The van der Waals surface area contributed by atoms with Crippen molar-refractivity contribution in [2.45, 2.75) is 535 Å². The predicted octanol–water partition coefficient (Wildman–Crippen LogP) is 29.7. The molecule has 0 saturated carbocycles. The summed E-state index contributed by atoms with van der Waals surface area (Å²) in [5, 5.41) is 10.7. The summed E-state index contributed by atoms with van der Waals surface area (Å²) in [5.41, 5.74) is 0. The van der Waals surface area contributed by atoms with Crippen LogP contribution in [-0.2, 0) is 65.4 Å². The second-order valence-corrected chi connectivity index (χ2v) is 37.7. The second-order valence-electron chi connectivity index (χ2n) is 34.8. The number of unbranched alkanes of at least 4 members (excludes halogenated alkanes) is 63. The van der Waals surface area contributed by atoms with Crippen molar-refractivity contribution in [2.75, 3.05) is 39.6 Å². The standard InChI is InChI=1S/C95H186O17P2/c1-7-10-12-14-16-18-20-22-23-24-25-26-27-28-33-36-43-49-55-61-67-73-79-94(99)111-91(84-106-93(98)78-72-66-60-54-48-42-35-32-30-29-31-34-40-45-51-57-63-69-75-87(4)5)86-110-114(103,104)108-82-89(96)81-107-113(101,102)109-85-90(83-105-92(97)77-71-65-59-53-47-39-21-19-17-15-13-11-8-2)112-95(100)80-74-68-62-56-50-44-38-37-41-46-52-58-64-70-76-88(6)9-3/h87-91,96H,7-86H2,1-6H3,(H,101,102)(H,103,104)/t88?,89-,90+,91+/m0/s1. The molecule has 0 aliphatic rings. The zero-order valence-electron chi connectivity index (χ0n) is 75.4. The fraction of sp³-hybridized carbons (Fsp3) is 0.958. The first-order valence-corrected chi connectivity index (χ1v) is 52.0. The third-order valence-corrected chi connectivity index (χ3v) is 24.7. The van der Waals surface area contributed by atoms with Gasteiger partial charge >= 0.3 is 39.5 Å². The summed E-state index contributed by atoms with van der Waals surface area (Å²) >= 11 is 0. The maximum Gasteiger partial charge on any atom is 0.472 e. The number of phosphoric acid groups is 2. The molecule has 0 aliphatic heterocycles. The molecule has 0 heterocycles. The van der Waals surface area contributed by atoms with Crippen molar-refractivity contribution in [1.82, 2.24) is 0 Å². The Morgan fingerprint density at radius 3 is 0.667 bits per heavy atom. The summed E-state index contributed by atoms with van der Waals surface area (Å²) in [5.74, 6) is -0.421. The van der Waals surface area contributed by atoms with Crippen molar-refractivity contribution in [3.63, 3.8) is 0 Å². The molecule has 3 unspecified atom stereocenters. The third kappa shape index (κ3) is 86.4. The van der Waals surface area contributed by atoms with Crippen LogP contribution in [0.25, 0.3) is 0 Å². The van der Waals surface area contributed by atoms with E-state index in [9.17, 15) is 43.2 Å². The van der Waals surface area contributed by atoms with Gasteiger partial charge in [-0.15, -0.1) is 0 Å². The maximum absolute atomic E-state index is 13.2. The lowest BCUT2D eigenvalue weighted by Gasteiger charge is -2.21. The van der Waals surface area contributed by atoms with Crippen LogP contribution in [0.1, 0.15) is 517 Å². The molecule has 114 heavy (non-hydrogen) atoms. The fourth-order valence-electron chi connectivity index (χ4n) is 15.0. The molecule has 6 atom stereocenters. The highest BCUT2D eigenvalue weighted by atomic mass is 31.2. The summed E-state index contributed by atoms with van der Waals surface area (Å²) in [4.78, 5) is 73.6. The van der Waals surface area contributed by atoms with Gasteiger partial charge in [-0.25, -0.2) is 9.13 Å². The van der Waals surface area contributed by atoms with Gasteiger partial charge in [0.05, 0.1) is 26.4 Å². The van der Waals surface area contributed by atoms with Gasteiger partial charge in [0.2, 0.25) is 0 Å². The van der Waals surface area contributed by atoms with Crippen molar-refractivity contribution < 1.29 is 80.2 Å². The monoisotopic (exact) mass is 1660 g/mol. The predicted molar refractivity (Wildman–Crippen MR) is 474 cm³/mol. The molecule has 0 aliphatic carbocycles. The number of hydrogen-bond acceptors (Lipinski definition) is 15. The summed E-state index contributed by atoms with van der Waals surface area (Å²) in [6.07, 6.45) is 82.0. The van der Waals surface area contributed by atoms with E-state index in [1.54, 1.807) is 0 Å². The Hall–Kier alpha value is -1.94. The fourth-order valence-corrected chi connectivity index (χ4v) is 16.6. The van der Waals surface area contributed by atoms with Crippen LogP contribution >= 0.6 is 15.6 Å². The minimum Gasteiger partial charge on any atom is -0.462 e. The first-order chi connectivity index (χ1) is 55.4. The number of aliphatic hydroxyl groups excluding tert-OH is 1. The van der Waals surface area contributed by atoms with Gasteiger partial charge < -0.3 is 33.8 Å². The van der Waals surface area contributed by atoms with Gasteiger partial charge in [0.25, 0.3) is 0 Å². The Labute approximate surface area is 702 Å². The number of ether oxygens (including phenoxy) is 4. The molecule has 0 radical (unpaired) electrons. The molecule has 0 amide bonds. The summed E-state index contributed by atoms with van der Waals surface area (Å²) in [6.45, 7) is 9.82. The number of phosphoric ester groups is 2. The normalized spacial score (nSPS) is 13.9. The summed E-state index contributed by atoms with van der Waals surface area (Å²) in [6, 6.07) is 0. The number of hydrogen-bond donors (Lipinski definition) is 3. The number of esters is 4. The van der Waals surface area contributed by atoms with E-state index in [1.165, 1.54) is 334 Å². The first kappa shape index (κ1) is 112. The Morgan fingerprint density at radius 1 is 0.254 bits per heavy atom. The largest absolute Gasteiger partial charge is 0.472 e. The Bertz CT molecular complexity index is 2170. The first-order valence-electron chi connectivity index (χ1n) is 49.0. The van der Waals surface area contributed by atoms with Crippen LogP contribution in [0.4, 0.5) is 0 Å². The average molecular weight is 1660 g/mol. The summed E-state index contributed by atoms with van der Waals surface area (Å²) in [7, 11) is -9.94. The van der Waals surface area contributed by atoms with Gasteiger partial charge in [0, 0.05) is 25.7 Å². The molecular weight excluding hydrogens is 1470 g/mol. The number of rotatable bonds is 94. The Balaban J connectivity index is 5.25. The lowest BCUT2D eigenvalue weighted by Crippen LogP contribution is -2.30. The van der Waals surface area contributed by atoms with Crippen molar-refractivity contribution in [3.8, 4) is 0 Å². The maximum atomic E-state index is 13.2.